The maximum Gasteiger partial charge on any atom is 0.404 e. The summed E-state index contributed by atoms with van der Waals surface area (Å²) in [5, 5.41) is 2.96. The lowest BCUT2D eigenvalue weighted by molar-refractivity contribution is -0.0988. The molecule has 1 amide bonds. The number of nitrogens with two attached hydrogens (primary N) is 1. The molecule has 0 aliphatic carbocycles. The lowest BCUT2D eigenvalue weighted by Crippen LogP contribution is -2.32. The van der Waals surface area contributed by atoms with E-state index < -0.39 is 6.09 Å². The van der Waals surface area contributed by atoms with E-state index >= 15 is 0 Å². The molecule has 0 rings (SSSR count). The molecule has 0 bridgehead atoms. The van der Waals surface area contributed by atoms with E-state index in [-0.39, 0.29) is 12.9 Å². The van der Waals surface area contributed by atoms with Gasteiger partial charge < -0.3 is 25.3 Å². The third-order valence-electron chi connectivity index (χ3n) is 1.36. The van der Waals surface area contributed by atoms with Gasteiger partial charge in [-0.25, -0.2) is 4.79 Å². The molecule has 0 aromatic rings. The van der Waals surface area contributed by atoms with Crippen molar-refractivity contribution in [2.24, 2.45) is 5.73 Å². The number of amides is 1. The van der Waals surface area contributed by atoms with Gasteiger partial charge >= 0.3 is 6.09 Å². The molecule has 0 heterocycles. The quantitative estimate of drug-likeness (QED) is 0.411. The minimum Gasteiger partial charge on any atom is -0.448 e. The van der Waals surface area contributed by atoms with Crippen molar-refractivity contribution in [3.63, 3.8) is 0 Å². The Kier molecular flexibility index (Phi) is 7.27. The molecule has 0 aliphatic rings. The van der Waals surface area contributed by atoms with Crippen LogP contribution in [-0.4, -0.2) is 46.3 Å². The average molecular weight is 192 g/mol. The summed E-state index contributed by atoms with van der Waals surface area (Å²) in [7, 11) is 3.10. The highest BCUT2D eigenvalue weighted by molar-refractivity contribution is 5.64. The van der Waals surface area contributed by atoms with Gasteiger partial charge in [0.15, 0.2) is 6.29 Å². The zero-order valence-electron chi connectivity index (χ0n) is 7.91. The summed E-state index contributed by atoms with van der Waals surface area (Å²) in [6.07, 6.45) is -1.05. The first-order valence-electron chi connectivity index (χ1n) is 3.89. The van der Waals surface area contributed by atoms with Gasteiger partial charge in [0.05, 0.1) is 0 Å². The average Bonchev–Trinajstić information content (AvgIpc) is 2.11. The van der Waals surface area contributed by atoms with Crippen LogP contribution in [0.1, 0.15) is 0 Å². The van der Waals surface area contributed by atoms with Crippen LogP contribution in [0.4, 0.5) is 4.79 Å². The van der Waals surface area contributed by atoms with Crippen molar-refractivity contribution in [2.75, 3.05) is 33.9 Å². The molecule has 0 saturated carbocycles. The fourth-order valence-electron chi connectivity index (χ4n) is 0.707. The van der Waals surface area contributed by atoms with Crippen LogP contribution in [0.5, 0.6) is 0 Å². The Morgan fingerprint density at radius 1 is 1.46 bits per heavy atom. The number of primary amides is 1. The standard InChI is InChI=1S/C7H16N2O4/c1-11-6(12-2)5-9-3-4-13-7(8)10/h6,9H,3-5H2,1-2H3,(H2,8,10). The smallest absolute Gasteiger partial charge is 0.404 e. The number of hydrogen-bond donors (Lipinski definition) is 2. The fourth-order valence-corrected chi connectivity index (χ4v) is 0.707. The van der Waals surface area contributed by atoms with E-state index in [9.17, 15) is 4.79 Å². The van der Waals surface area contributed by atoms with Gasteiger partial charge in [0, 0.05) is 27.3 Å². The summed E-state index contributed by atoms with van der Waals surface area (Å²) in [5.41, 5.74) is 4.75. The lowest BCUT2D eigenvalue weighted by Gasteiger charge is -2.13. The molecule has 0 fully saturated rings. The Hall–Kier alpha value is -0.850. The third kappa shape index (κ3) is 7.51. The Labute approximate surface area is 77.3 Å². The predicted octanol–water partition coefficient (Wildman–Crippen LogP) is -0.710. The van der Waals surface area contributed by atoms with Crippen LogP contribution in [0.15, 0.2) is 0 Å². The molecule has 3 N–H and O–H groups in total. The molecule has 78 valence electrons. The van der Waals surface area contributed by atoms with Crippen molar-refractivity contribution in [2.45, 2.75) is 6.29 Å². The summed E-state index contributed by atoms with van der Waals surface area (Å²) in [4.78, 5) is 10.1. The van der Waals surface area contributed by atoms with Gasteiger partial charge in [-0.1, -0.05) is 0 Å². The van der Waals surface area contributed by atoms with Gasteiger partial charge in [0.25, 0.3) is 0 Å². The van der Waals surface area contributed by atoms with Crippen molar-refractivity contribution < 1.29 is 19.0 Å². The Balaban J connectivity index is 3.19. The van der Waals surface area contributed by atoms with Gasteiger partial charge in [-0.2, -0.15) is 0 Å². The number of nitrogens with one attached hydrogen (secondary N) is 1. The van der Waals surface area contributed by atoms with E-state index in [1.807, 2.05) is 0 Å². The minimum atomic E-state index is -0.767. The van der Waals surface area contributed by atoms with Crippen molar-refractivity contribution in [1.82, 2.24) is 5.32 Å². The fraction of sp³-hybridized carbons (Fsp3) is 0.857. The molecule has 0 aromatic heterocycles. The highest BCUT2D eigenvalue weighted by Gasteiger charge is 2.02. The van der Waals surface area contributed by atoms with Gasteiger partial charge in [-0.3, -0.25) is 0 Å². The van der Waals surface area contributed by atoms with Crippen LogP contribution >= 0.6 is 0 Å². The van der Waals surface area contributed by atoms with Crippen LogP contribution in [-0.2, 0) is 14.2 Å². The van der Waals surface area contributed by atoms with E-state index in [0.717, 1.165) is 0 Å². The Bertz CT molecular complexity index is 138. The van der Waals surface area contributed by atoms with E-state index in [4.69, 9.17) is 15.2 Å². The second kappa shape index (κ2) is 7.78. The number of rotatable bonds is 7. The largest absolute Gasteiger partial charge is 0.448 e. The summed E-state index contributed by atoms with van der Waals surface area (Å²) < 4.78 is 14.3. The molecule has 0 aliphatic heterocycles. The summed E-state index contributed by atoms with van der Waals surface area (Å²) in [6.45, 7) is 1.30. The molecule has 0 radical (unpaired) electrons. The van der Waals surface area contributed by atoms with Crippen molar-refractivity contribution >= 4 is 6.09 Å². The zero-order chi connectivity index (χ0) is 10.1. The molecule has 13 heavy (non-hydrogen) atoms. The van der Waals surface area contributed by atoms with Crippen molar-refractivity contribution in [1.29, 1.82) is 0 Å². The summed E-state index contributed by atoms with van der Waals surface area (Å²) in [6, 6.07) is 0. The normalized spacial score (nSPS) is 10.4. The first-order valence-corrected chi connectivity index (χ1v) is 3.89. The van der Waals surface area contributed by atoms with Crippen LogP contribution in [0.3, 0.4) is 0 Å². The first kappa shape index (κ1) is 12.2. The highest BCUT2D eigenvalue weighted by Crippen LogP contribution is 1.86. The lowest BCUT2D eigenvalue weighted by atomic mass is 10.5. The van der Waals surface area contributed by atoms with Crippen molar-refractivity contribution in [3.8, 4) is 0 Å². The maximum absolute atomic E-state index is 10.1. The SMILES string of the molecule is COC(CNCCOC(N)=O)OC. The third-order valence-corrected chi connectivity index (χ3v) is 1.36. The highest BCUT2D eigenvalue weighted by atomic mass is 16.7. The number of ether oxygens (including phenoxy) is 3. The van der Waals surface area contributed by atoms with Crippen LogP contribution in [0.2, 0.25) is 0 Å². The van der Waals surface area contributed by atoms with Crippen LogP contribution in [0.25, 0.3) is 0 Å². The molecule has 0 unspecified atom stereocenters. The molecule has 6 heteroatoms. The Morgan fingerprint density at radius 2 is 2.08 bits per heavy atom. The molecule has 0 saturated heterocycles. The molecular weight excluding hydrogens is 176 g/mol. The summed E-state index contributed by atoms with van der Waals surface area (Å²) in [5.74, 6) is 0. The predicted molar refractivity (Wildman–Crippen MR) is 46.2 cm³/mol. The first-order chi connectivity index (χ1) is 6.20. The molecule has 0 aromatic carbocycles. The molecule has 0 spiro atoms. The second-order valence-corrected chi connectivity index (χ2v) is 2.27. The van der Waals surface area contributed by atoms with Crippen molar-refractivity contribution in [3.05, 3.63) is 0 Å². The van der Waals surface area contributed by atoms with Crippen LogP contribution < -0.4 is 11.1 Å². The monoisotopic (exact) mass is 192 g/mol. The Morgan fingerprint density at radius 3 is 2.54 bits per heavy atom. The number of carbonyl (C=O) groups is 1. The van der Waals surface area contributed by atoms with Gasteiger partial charge in [0.2, 0.25) is 0 Å². The van der Waals surface area contributed by atoms with E-state index in [1.165, 1.54) is 0 Å². The van der Waals surface area contributed by atoms with Gasteiger partial charge in [0.1, 0.15) is 6.61 Å². The van der Waals surface area contributed by atoms with E-state index in [1.54, 1.807) is 14.2 Å². The van der Waals surface area contributed by atoms with Crippen LogP contribution in [0, 0.1) is 0 Å². The molecular formula is C7H16N2O4. The zero-order valence-corrected chi connectivity index (χ0v) is 7.91. The van der Waals surface area contributed by atoms with Gasteiger partial charge in [-0.05, 0) is 0 Å². The van der Waals surface area contributed by atoms with Gasteiger partial charge in [-0.15, -0.1) is 0 Å². The molecule has 0 atom stereocenters. The number of methoxy groups -OCH3 is 2. The minimum absolute atomic E-state index is 0.246. The number of carbonyl (C=O) groups excluding carboxylic acids is 1. The number of hydrogen-bond acceptors (Lipinski definition) is 5. The second-order valence-electron chi connectivity index (χ2n) is 2.27. The molecule has 6 nitrogen and oxygen atoms in total. The van der Waals surface area contributed by atoms with E-state index in [0.29, 0.717) is 13.1 Å². The summed E-state index contributed by atoms with van der Waals surface area (Å²) >= 11 is 0. The maximum atomic E-state index is 10.1. The topological polar surface area (TPSA) is 82.8 Å². The van der Waals surface area contributed by atoms with E-state index in [2.05, 4.69) is 10.1 Å².